The van der Waals surface area contributed by atoms with Gasteiger partial charge in [0.05, 0.1) is 7.11 Å². The topological polar surface area (TPSA) is 44.8 Å². The quantitative estimate of drug-likeness (QED) is 0.524. The van der Waals surface area contributed by atoms with E-state index in [2.05, 4.69) is 6.58 Å². The highest BCUT2D eigenvalue weighted by molar-refractivity contribution is 5.75. The highest BCUT2D eigenvalue weighted by Gasteiger charge is 2.21. The molecule has 0 bridgehead atoms. The lowest BCUT2D eigenvalue weighted by atomic mass is 10.1. The van der Waals surface area contributed by atoms with Crippen molar-refractivity contribution >= 4 is 5.97 Å². The maximum Gasteiger partial charge on any atom is 0.347 e. The fourth-order valence-corrected chi connectivity index (χ4v) is 2.40. The number of rotatable bonds is 8. The molecule has 0 aliphatic carbocycles. The number of carbonyl (C=O) groups is 1. The number of hydrogen-bond donors (Lipinski definition) is 0. The molecule has 0 spiro atoms. The van der Waals surface area contributed by atoms with Crippen LogP contribution in [0.25, 0.3) is 0 Å². The van der Waals surface area contributed by atoms with E-state index in [4.69, 9.17) is 14.2 Å². The van der Waals surface area contributed by atoms with Gasteiger partial charge >= 0.3 is 5.97 Å². The van der Waals surface area contributed by atoms with Crippen LogP contribution in [-0.2, 0) is 16.0 Å². The van der Waals surface area contributed by atoms with E-state index in [1.165, 1.54) is 0 Å². The lowest BCUT2D eigenvalue weighted by Crippen LogP contribution is -2.27. The van der Waals surface area contributed by atoms with E-state index < -0.39 is 12.1 Å². The Bertz CT molecular complexity index is 709. The Morgan fingerprint density at radius 1 is 1.12 bits per heavy atom. The second-order valence-corrected chi connectivity index (χ2v) is 5.73. The lowest BCUT2D eigenvalue weighted by molar-refractivity contribution is -0.156. The van der Waals surface area contributed by atoms with E-state index in [0.29, 0.717) is 11.5 Å². The first-order valence-electron chi connectivity index (χ1n) is 8.25. The highest BCUT2D eigenvalue weighted by Crippen LogP contribution is 2.29. The minimum atomic E-state index is -0.745. The normalized spacial score (nSPS) is 12.8. The van der Waals surface area contributed by atoms with E-state index in [9.17, 15) is 4.79 Å². The molecule has 4 nitrogen and oxygen atoms in total. The molecule has 0 aromatic heterocycles. The van der Waals surface area contributed by atoms with Crippen molar-refractivity contribution in [1.29, 1.82) is 0 Å². The minimum absolute atomic E-state index is 0.336. The summed E-state index contributed by atoms with van der Waals surface area (Å²) >= 11 is 0. The van der Waals surface area contributed by atoms with Crippen LogP contribution in [0.4, 0.5) is 0 Å². The molecule has 0 fully saturated rings. The van der Waals surface area contributed by atoms with Crippen molar-refractivity contribution in [3.8, 4) is 11.5 Å². The van der Waals surface area contributed by atoms with Crippen molar-refractivity contribution in [2.75, 3.05) is 7.11 Å². The third-order valence-electron chi connectivity index (χ3n) is 3.81. The van der Waals surface area contributed by atoms with Gasteiger partial charge in [-0.3, -0.25) is 0 Å². The largest absolute Gasteiger partial charge is 0.493 e. The second kappa shape index (κ2) is 8.92. The highest BCUT2D eigenvalue weighted by atomic mass is 16.6. The van der Waals surface area contributed by atoms with Gasteiger partial charge in [0, 0.05) is 0 Å². The molecule has 0 saturated carbocycles. The molecule has 2 atom stereocenters. The Kier molecular flexibility index (Phi) is 6.63. The van der Waals surface area contributed by atoms with Gasteiger partial charge in [-0.1, -0.05) is 42.5 Å². The molecule has 25 heavy (non-hydrogen) atoms. The summed E-state index contributed by atoms with van der Waals surface area (Å²) in [6, 6.07) is 15.2. The molecule has 0 heterocycles. The van der Waals surface area contributed by atoms with E-state index in [-0.39, 0.29) is 6.10 Å². The fourth-order valence-electron chi connectivity index (χ4n) is 2.40. The molecule has 0 saturated heterocycles. The predicted octanol–water partition coefficient (Wildman–Crippen LogP) is 4.50. The number of carbonyl (C=O) groups excluding carboxylic acids is 1. The first kappa shape index (κ1) is 18.6. The van der Waals surface area contributed by atoms with Crippen LogP contribution in [0.2, 0.25) is 0 Å². The summed E-state index contributed by atoms with van der Waals surface area (Å²) in [6.07, 6.45) is 1.48. The molecule has 2 aromatic rings. The first-order chi connectivity index (χ1) is 12.0. The molecule has 2 rings (SSSR count). The minimum Gasteiger partial charge on any atom is -0.493 e. The summed E-state index contributed by atoms with van der Waals surface area (Å²) < 4.78 is 16.6. The van der Waals surface area contributed by atoms with Crippen molar-refractivity contribution in [3.05, 3.63) is 72.3 Å². The van der Waals surface area contributed by atoms with Gasteiger partial charge < -0.3 is 14.2 Å². The van der Waals surface area contributed by atoms with Crippen LogP contribution < -0.4 is 9.47 Å². The van der Waals surface area contributed by atoms with Gasteiger partial charge in [0.25, 0.3) is 0 Å². The molecule has 132 valence electrons. The van der Waals surface area contributed by atoms with Crippen molar-refractivity contribution < 1.29 is 19.0 Å². The van der Waals surface area contributed by atoms with E-state index in [0.717, 1.165) is 17.5 Å². The van der Waals surface area contributed by atoms with Gasteiger partial charge in [-0.2, -0.15) is 0 Å². The SMILES string of the molecule is C=CCc1ccc(OC(C)C(=O)OC(C)c2ccccc2)c(OC)c1. The Morgan fingerprint density at radius 3 is 2.48 bits per heavy atom. The summed E-state index contributed by atoms with van der Waals surface area (Å²) in [5.74, 6) is 0.663. The third kappa shape index (κ3) is 5.11. The molecule has 0 amide bonds. The summed E-state index contributed by atoms with van der Waals surface area (Å²) in [4.78, 5) is 12.3. The second-order valence-electron chi connectivity index (χ2n) is 5.73. The molecule has 0 radical (unpaired) electrons. The van der Waals surface area contributed by atoms with Crippen LogP contribution >= 0.6 is 0 Å². The molecule has 0 aliphatic heterocycles. The van der Waals surface area contributed by atoms with Crippen LogP contribution in [0.1, 0.15) is 31.1 Å². The van der Waals surface area contributed by atoms with Gasteiger partial charge in [-0.05, 0) is 43.5 Å². The van der Waals surface area contributed by atoms with Gasteiger partial charge in [0.1, 0.15) is 6.10 Å². The Morgan fingerprint density at radius 2 is 1.84 bits per heavy atom. The maximum absolute atomic E-state index is 12.3. The monoisotopic (exact) mass is 340 g/mol. The van der Waals surface area contributed by atoms with E-state index in [1.807, 2.05) is 55.5 Å². The number of allylic oxidation sites excluding steroid dienone is 1. The van der Waals surface area contributed by atoms with Crippen LogP contribution in [0, 0.1) is 0 Å². The number of hydrogen-bond acceptors (Lipinski definition) is 4. The Labute approximate surface area is 149 Å². The Balaban J connectivity index is 2.02. The number of ether oxygens (including phenoxy) is 3. The third-order valence-corrected chi connectivity index (χ3v) is 3.81. The number of benzene rings is 2. The van der Waals surface area contributed by atoms with E-state index >= 15 is 0 Å². The summed E-state index contributed by atoms with van der Waals surface area (Å²) in [5.41, 5.74) is 2.00. The molecule has 2 aromatic carbocycles. The van der Waals surface area contributed by atoms with Crippen LogP contribution in [0.15, 0.2) is 61.2 Å². The van der Waals surface area contributed by atoms with Crippen molar-refractivity contribution in [2.24, 2.45) is 0 Å². The zero-order valence-corrected chi connectivity index (χ0v) is 14.9. The zero-order valence-electron chi connectivity index (χ0n) is 14.9. The van der Waals surface area contributed by atoms with Crippen LogP contribution in [0.5, 0.6) is 11.5 Å². The molecular formula is C21H24O4. The lowest BCUT2D eigenvalue weighted by Gasteiger charge is -2.19. The van der Waals surface area contributed by atoms with Crippen molar-refractivity contribution in [2.45, 2.75) is 32.5 Å². The predicted molar refractivity (Wildman–Crippen MR) is 97.9 cm³/mol. The zero-order chi connectivity index (χ0) is 18.2. The molecule has 2 unspecified atom stereocenters. The number of methoxy groups -OCH3 is 1. The molecule has 4 heteroatoms. The summed E-state index contributed by atoms with van der Waals surface area (Å²) in [7, 11) is 1.57. The molecule has 0 aliphatic rings. The van der Waals surface area contributed by atoms with Crippen LogP contribution in [0.3, 0.4) is 0 Å². The van der Waals surface area contributed by atoms with Gasteiger partial charge in [0.2, 0.25) is 0 Å². The smallest absolute Gasteiger partial charge is 0.347 e. The average molecular weight is 340 g/mol. The van der Waals surface area contributed by atoms with Crippen LogP contribution in [-0.4, -0.2) is 19.2 Å². The van der Waals surface area contributed by atoms with Crippen molar-refractivity contribution in [3.63, 3.8) is 0 Å². The first-order valence-corrected chi connectivity index (χ1v) is 8.25. The van der Waals surface area contributed by atoms with Gasteiger partial charge in [0.15, 0.2) is 17.6 Å². The van der Waals surface area contributed by atoms with Crippen molar-refractivity contribution in [1.82, 2.24) is 0 Å². The molecule has 0 N–H and O–H groups in total. The fraction of sp³-hybridized carbons (Fsp3) is 0.286. The summed E-state index contributed by atoms with van der Waals surface area (Å²) in [5, 5.41) is 0. The average Bonchev–Trinajstić information content (AvgIpc) is 2.63. The standard InChI is InChI=1S/C21H24O4/c1-5-9-17-12-13-19(20(14-17)23-4)24-16(3)21(22)25-15(2)18-10-7-6-8-11-18/h5-8,10-16H,1,9H2,2-4H3. The Hall–Kier alpha value is -2.75. The van der Waals surface area contributed by atoms with Gasteiger partial charge in [-0.25, -0.2) is 4.79 Å². The number of esters is 1. The summed E-state index contributed by atoms with van der Waals surface area (Å²) in [6.45, 7) is 7.23. The van der Waals surface area contributed by atoms with Gasteiger partial charge in [-0.15, -0.1) is 6.58 Å². The maximum atomic E-state index is 12.3. The van der Waals surface area contributed by atoms with E-state index in [1.54, 1.807) is 20.1 Å². The molecular weight excluding hydrogens is 316 g/mol.